The molecule has 0 unspecified atom stereocenters. The zero-order valence-corrected chi connectivity index (χ0v) is 16.1. The molecule has 0 saturated carbocycles. The van der Waals surface area contributed by atoms with Crippen LogP contribution in [-0.2, 0) is 4.79 Å². The summed E-state index contributed by atoms with van der Waals surface area (Å²) in [4.78, 5) is 28.9. The SMILES string of the molecule is Cc1cc(C)cc(C(=O)NCC2CCN(CC(=O)N3CCCC3)CC2)c1. The summed E-state index contributed by atoms with van der Waals surface area (Å²) < 4.78 is 0. The summed E-state index contributed by atoms with van der Waals surface area (Å²) in [5.41, 5.74) is 2.98. The molecule has 0 radical (unpaired) electrons. The van der Waals surface area contributed by atoms with Gasteiger partial charge in [0.1, 0.15) is 0 Å². The summed E-state index contributed by atoms with van der Waals surface area (Å²) >= 11 is 0. The highest BCUT2D eigenvalue weighted by molar-refractivity contribution is 5.94. The summed E-state index contributed by atoms with van der Waals surface area (Å²) in [6.07, 6.45) is 4.38. The Hall–Kier alpha value is -1.88. The number of carbonyl (C=O) groups is 2. The van der Waals surface area contributed by atoms with E-state index in [4.69, 9.17) is 0 Å². The number of aryl methyl sites for hydroxylation is 2. The Morgan fingerprint density at radius 2 is 1.62 bits per heavy atom. The Kier molecular flexibility index (Phi) is 6.30. The van der Waals surface area contributed by atoms with Crippen LogP contribution in [0.4, 0.5) is 0 Å². The van der Waals surface area contributed by atoms with Crippen LogP contribution in [-0.4, -0.2) is 60.9 Å². The quantitative estimate of drug-likeness (QED) is 0.880. The number of hydrogen-bond acceptors (Lipinski definition) is 3. The smallest absolute Gasteiger partial charge is 0.251 e. The van der Waals surface area contributed by atoms with Crippen LogP contribution in [0.15, 0.2) is 18.2 Å². The zero-order chi connectivity index (χ0) is 18.5. The summed E-state index contributed by atoms with van der Waals surface area (Å²) in [7, 11) is 0. The maximum Gasteiger partial charge on any atom is 0.251 e. The molecule has 2 amide bonds. The van der Waals surface area contributed by atoms with E-state index in [2.05, 4.69) is 16.3 Å². The van der Waals surface area contributed by atoms with Crippen molar-refractivity contribution in [2.24, 2.45) is 5.92 Å². The van der Waals surface area contributed by atoms with Gasteiger partial charge in [0.2, 0.25) is 5.91 Å². The fourth-order valence-corrected chi connectivity index (χ4v) is 4.05. The molecule has 5 heteroatoms. The van der Waals surface area contributed by atoms with E-state index in [1.54, 1.807) is 0 Å². The van der Waals surface area contributed by atoms with Gasteiger partial charge in [-0.25, -0.2) is 0 Å². The second-order valence-corrected chi connectivity index (χ2v) is 7.89. The first kappa shape index (κ1) is 18.9. The second kappa shape index (κ2) is 8.67. The predicted octanol–water partition coefficient (Wildman–Crippen LogP) is 2.37. The van der Waals surface area contributed by atoms with Crippen molar-refractivity contribution in [3.05, 3.63) is 34.9 Å². The number of carbonyl (C=O) groups excluding carboxylic acids is 2. The van der Waals surface area contributed by atoms with Crippen molar-refractivity contribution < 1.29 is 9.59 Å². The standard InChI is InChI=1S/C21H31N3O2/c1-16-11-17(2)13-19(12-16)21(26)22-14-18-5-9-23(10-6-18)15-20(25)24-7-3-4-8-24/h11-13,18H,3-10,14-15H2,1-2H3,(H,22,26). The Morgan fingerprint density at radius 1 is 1.00 bits per heavy atom. The maximum atomic E-state index is 12.4. The van der Waals surface area contributed by atoms with E-state index < -0.39 is 0 Å². The molecule has 142 valence electrons. The molecule has 1 aromatic carbocycles. The van der Waals surface area contributed by atoms with E-state index in [0.717, 1.165) is 75.1 Å². The lowest BCUT2D eigenvalue weighted by molar-refractivity contribution is -0.131. The highest BCUT2D eigenvalue weighted by Crippen LogP contribution is 2.17. The van der Waals surface area contributed by atoms with Gasteiger partial charge in [-0.05, 0) is 70.7 Å². The molecule has 3 rings (SSSR count). The van der Waals surface area contributed by atoms with E-state index in [9.17, 15) is 9.59 Å². The van der Waals surface area contributed by atoms with Crippen LogP contribution in [0, 0.1) is 19.8 Å². The first-order valence-electron chi connectivity index (χ1n) is 9.88. The molecule has 0 aromatic heterocycles. The third-order valence-corrected chi connectivity index (χ3v) is 5.56. The van der Waals surface area contributed by atoms with Crippen molar-refractivity contribution in [3.8, 4) is 0 Å². The summed E-state index contributed by atoms with van der Waals surface area (Å²) in [5.74, 6) is 0.801. The fourth-order valence-electron chi connectivity index (χ4n) is 4.05. The van der Waals surface area contributed by atoms with Gasteiger partial charge in [0, 0.05) is 25.2 Å². The molecule has 2 heterocycles. The highest BCUT2D eigenvalue weighted by atomic mass is 16.2. The van der Waals surface area contributed by atoms with Gasteiger partial charge in [0.15, 0.2) is 0 Å². The van der Waals surface area contributed by atoms with E-state index in [1.165, 1.54) is 0 Å². The Bertz CT molecular complexity index is 624. The molecule has 0 bridgehead atoms. The largest absolute Gasteiger partial charge is 0.352 e. The Morgan fingerprint density at radius 3 is 2.23 bits per heavy atom. The van der Waals surface area contributed by atoms with Gasteiger partial charge in [-0.3, -0.25) is 14.5 Å². The van der Waals surface area contributed by atoms with Crippen molar-refractivity contribution in [2.45, 2.75) is 39.5 Å². The first-order chi connectivity index (χ1) is 12.5. The molecular weight excluding hydrogens is 326 g/mol. The van der Waals surface area contributed by atoms with E-state index >= 15 is 0 Å². The fraction of sp³-hybridized carbons (Fsp3) is 0.619. The van der Waals surface area contributed by atoms with E-state index in [0.29, 0.717) is 12.5 Å². The molecule has 2 saturated heterocycles. The van der Waals surface area contributed by atoms with E-state index in [1.807, 2.05) is 30.9 Å². The lowest BCUT2D eigenvalue weighted by Gasteiger charge is -2.32. The van der Waals surface area contributed by atoms with Crippen LogP contribution < -0.4 is 5.32 Å². The van der Waals surface area contributed by atoms with Crippen LogP contribution in [0.1, 0.15) is 47.2 Å². The Labute approximate surface area is 156 Å². The topological polar surface area (TPSA) is 52.7 Å². The Balaban J connectivity index is 1.39. The summed E-state index contributed by atoms with van der Waals surface area (Å²) in [5, 5.41) is 3.09. The highest BCUT2D eigenvalue weighted by Gasteiger charge is 2.24. The van der Waals surface area contributed by atoms with Crippen LogP contribution in [0.25, 0.3) is 0 Å². The van der Waals surface area contributed by atoms with Crippen LogP contribution in [0.5, 0.6) is 0 Å². The molecule has 26 heavy (non-hydrogen) atoms. The van der Waals surface area contributed by atoms with Gasteiger partial charge in [-0.1, -0.05) is 17.2 Å². The predicted molar refractivity (Wildman–Crippen MR) is 103 cm³/mol. The number of rotatable bonds is 5. The number of amides is 2. The average molecular weight is 357 g/mol. The van der Waals surface area contributed by atoms with Gasteiger partial charge in [0.25, 0.3) is 5.91 Å². The van der Waals surface area contributed by atoms with Crippen molar-refractivity contribution in [2.75, 3.05) is 39.3 Å². The minimum Gasteiger partial charge on any atom is -0.352 e. The summed E-state index contributed by atoms with van der Waals surface area (Å²) in [6.45, 7) is 9.07. The zero-order valence-electron chi connectivity index (χ0n) is 16.1. The van der Waals surface area contributed by atoms with Crippen molar-refractivity contribution in [1.29, 1.82) is 0 Å². The van der Waals surface area contributed by atoms with E-state index in [-0.39, 0.29) is 11.8 Å². The third kappa shape index (κ3) is 5.07. The van der Waals surface area contributed by atoms with Gasteiger partial charge in [-0.2, -0.15) is 0 Å². The van der Waals surface area contributed by atoms with Crippen molar-refractivity contribution >= 4 is 11.8 Å². The number of nitrogens with zero attached hydrogens (tertiary/aromatic N) is 2. The number of piperidine rings is 1. The first-order valence-corrected chi connectivity index (χ1v) is 9.88. The van der Waals surface area contributed by atoms with Crippen LogP contribution >= 0.6 is 0 Å². The van der Waals surface area contributed by atoms with Crippen molar-refractivity contribution in [3.63, 3.8) is 0 Å². The summed E-state index contributed by atoms with van der Waals surface area (Å²) in [6, 6.07) is 5.96. The molecule has 2 aliphatic heterocycles. The number of likely N-dealkylation sites (tertiary alicyclic amines) is 2. The second-order valence-electron chi connectivity index (χ2n) is 7.89. The molecule has 2 aliphatic rings. The van der Waals surface area contributed by atoms with Gasteiger partial charge < -0.3 is 10.2 Å². The monoisotopic (exact) mass is 357 g/mol. The minimum absolute atomic E-state index is 0.0171. The minimum atomic E-state index is 0.0171. The average Bonchev–Trinajstić information content (AvgIpc) is 3.15. The van der Waals surface area contributed by atoms with Crippen LogP contribution in [0.3, 0.4) is 0 Å². The number of nitrogens with one attached hydrogen (secondary N) is 1. The number of benzene rings is 1. The molecule has 1 N–H and O–H groups in total. The van der Waals surface area contributed by atoms with Crippen molar-refractivity contribution in [1.82, 2.24) is 15.1 Å². The molecule has 0 aliphatic carbocycles. The number of hydrogen-bond donors (Lipinski definition) is 1. The molecular formula is C21H31N3O2. The molecule has 0 spiro atoms. The van der Waals surface area contributed by atoms with Crippen LogP contribution in [0.2, 0.25) is 0 Å². The van der Waals surface area contributed by atoms with Gasteiger partial charge in [0.05, 0.1) is 6.54 Å². The molecule has 5 nitrogen and oxygen atoms in total. The maximum absolute atomic E-state index is 12.4. The third-order valence-electron chi connectivity index (χ3n) is 5.56. The van der Waals surface area contributed by atoms with Gasteiger partial charge >= 0.3 is 0 Å². The molecule has 1 aromatic rings. The van der Waals surface area contributed by atoms with Gasteiger partial charge in [-0.15, -0.1) is 0 Å². The molecule has 2 fully saturated rings. The lowest BCUT2D eigenvalue weighted by atomic mass is 9.96. The normalized spacial score (nSPS) is 18.9. The lowest BCUT2D eigenvalue weighted by Crippen LogP contribution is -2.44. The molecule has 0 atom stereocenters.